The van der Waals surface area contributed by atoms with Gasteiger partial charge in [-0.05, 0) is 60.8 Å². The van der Waals surface area contributed by atoms with Gasteiger partial charge in [0.15, 0.2) is 0 Å². The fourth-order valence-electron chi connectivity index (χ4n) is 3.44. The second kappa shape index (κ2) is 4.36. The molecule has 3 unspecified atom stereocenters. The van der Waals surface area contributed by atoms with Gasteiger partial charge >= 0.3 is 0 Å². The maximum absolute atomic E-state index is 10.5. The summed E-state index contributed by atoms with van der Waals surface area (Å²) in [6.45, 7) is 2.07. The van der Waals surface area contributed by atoms with E-state index >= 15 is 0 Å². The Morgan fingerprint density at radius 1 is 1.18 bits per heavy atom. The van der Waals surface area contributed by atoms with Gasteiger partial charge in [0.1, 0.15) is 0 Å². The average molecular weight is 360 g/mol. The van der Waals surface area contributed by atoms with Crippen LogP contribution in [0.5, 0.6) is 0 Å². The van der Waals surface area contributed by atoms with Crippen molar-refractivity contribution in [3.63, 3.8) is 0 Å². The highest BCUT2D eigenvalue weighted by Crippen LogP contribution is 2.62. The normalized spacial score (nSPS) is 32.4. The van der Waals surface area contributed by atoms with Crippen LogP contribution in [0.3, 0.4) is 0 Å². The lowest BCUT2D eigenvalue weighted by Gasteiger charge is -2.16. The summed E-state index contributed by atoms with van der Waals surface area (Å²) in [4.78, 5) is 0. The summed E-state index contributed by atoms with van der Waals surface area (Å²) in [5, 5.41) is 10.5. The Balaban J connectivity index is 1.87. The molecule has 2 aliphatic carbocycles. The summed E-state index contributed by atoms with van der Waals surface area (Å²) in [6.07, 6.45) is 3.70. The first-order chi connectivity index (χ1) is 8.09. The van der Waals surface area contributed by atoms with Gasteiger partial charge in [-0.3, -0.25) is 0 Å². The molecule has 3 rings (SSSR count). The van der Waals surface area contributed by atoms with E-state index in [2.05, 4.69) is 50.9 Å². The van der Waals surface area contributed by atoms with Crippen molar-refractivity contribution in [3.8, 4) is 0 Å². The first-order valence-corrected chi connectivity index (χ1v) is 7.82. The van der Waals surface area contributed by atoms with Crippen molar-refractivity contribution in [1.82, 2.24) is 0 Å². The number of hydrogen-bond donors (Lipinski definition) is 1. The summed E-state index contributed by atoms with van der Waals surface area (Å²) >= 11 is 7.12. The lowest BCUT2D eigenvalue weighted by Crippen LogP contribution is -2.05. The zero-order valence-corrected chi connectivity index (χ0v) is 13.0. The van der Waals surface area contributed by atoms with Crippen LogP contribution in [-0.4, -0.2) is 5.11 Å². The third-order valence-electron chi connectivity index (χ3n) is 4.43. The van der Waals surface area contributed by atoms with E-state index in [0.29, 0.717) is 5.92 Å². The lowest BCUT2D eigenvalue weighted by atomic mass is 9.99. The van der Waals surface area contributed by atoms with Crippen LogP contribution in [0.4, 0.5) is 0 Å². The third kappa shape index (κ3) is 2.00. The molecule has 0 aromatic heterocycles. The second-order valence-electron chi connectivity index (χ2n) is 5.40. The van der Waals surface area contributed by atoms with Gasteiger partial charge in [0.25, 0.3) is 0 Å². The molecule has 2 saturated carbocycles. The number of aliphatic hydroxyl groups is 1. The van der Waals surface area contributed by atoms with E-state index in [0.717, 1.165) is 26.3 Å². The molecular formula is C14H16Br2O. The minimum atomic E-state index is -0.295. The Morgan fingerprint density at radius 2 is 1.82 bits per heavy atom. The molecule has 0 amide bonds. The van der Waals surface area contributed by atoms with Gasteiger partial charge in [-0.15, -0.1) is 0 Å². The molecule has 0 saturated heterocycles. The van der Waals surface area contributed by atoms with Crippen LogP contribution < -0.4 is 0 Å². The van der Waals surface area contributed by atoms with Crippen molar-refractivity contribution < 1.29 is 5.11 Å². The summed E-state index contributed by atoms with van der Waals surface area (Å²) in [6, 6.07) is 4.15. The summed E-state index contributed by atoms with van der Waals surface area (Å²) in [5.74, 6) is 2.09. The zero-order valence-electron chi connectivity index (χ0n) is 9.79. The quantitative estimate of drug-likeness (QED) is 0.818. The number of fused-ring (bicyclic) bond motifs is 1. The molecule has 1 N–H and O–H groups in total. The summed E-state index contributed by atoms with van der Waals surface area (Å²) in [7, 11) is 0. The molecule has 1 nitrogen and oxygen atoms in total. The predicted octanol–water partition coefficient (Wildman–Crippen LogP) is 4.60. The fourth-order valence-corrected chi connectivity index (χ4v) is 4.49. The molecule has 0 aliphatic heterocycles. The third-order valence-corrected chi connectivity index (χ3v) is 5.98. The van der Waals surface area contributed by atoms with Crippen molar-refractivity contribution in [2.75, 3.05) is 0 Å². The fraction of sp³-hybridized carbons (Fsp3) is 0.571. The topological polar surface area (TPSA) is 20.2 Å². The molecule has 0 heterocycles. The average Bonchev–Trinajstić information content (AvgIpc) is 2.76. The molecule has 0 spiro atoms. The molecule has 2 fully saturated rings. The highest BCUT2D eigenvalue weighted by Gasteiger charge is 2.56. The number of hydrogen-bond acceptors (Lipinski definition) is 1. The molecule has 0 radical (unpaired) electrons. The zero-order chi connectivity index (χ0) is 12.2. The number of aliphatic hydroxyl groups excluding tert-OH is 1. The van der Waals surface area contributed by atoms with Crippen LogP contribution in [0, 0.1) is 24.7 Å². The highest BCUT2D eigenvalue weighted by atomic mass is 79.9. The number of rotatable bonds is 2. The molecular weight excluding hydrogens is 344 g/mol. The van der Waals surface area contributed by atoms with Crippen molar-refractivity contribution in [2.45, 2.75) is 32.3 Å². The van der Waals surface area contributed by atoms with Crippen LogP contribution in [-0.2, 0) is 0 Å². The van der Waals surface area contributed by atoms with Crippen molar-refractivity contribution in [1.29, 1.82) is 0 Å². The molecule has 2 aliphatic rings. The Labute approximate surface area is 119 Å². The lowest BCUT2D eigenvalue weighted by molar-refractivity contribution is 0.136. The highest BCUT2D eigenvalue weighted by molar-refractivity contribution is 9.11. The van der Waals surface area contributed by atoms with Gasteiger partial charge in [0.05, 0.1) is 6.10 Å². The standard InChI is InChI=1S/C14H16Br2O/c1-7-5-12(16)10(6-11(7)15)14(17)13-8-3-2-4-9(8)13/h5-6,8-9,13-14,17H,2-4H2,1H3. The number of halogens is 2. The van der Waals surface area contributed by atoms with Gasteiger partial charge in [0.2, 0.25) is 0 Å². The maximum Gasteiger partial charge on any atom is 0.0834 e. The van der Waals surface area contributed by atoms with Gasteiger partial charge in [-0.2, -0.15) is 0 Å². The molecule has 1 aromatic rings. The Morgan fingerprint density at radius 3 is 2.47 bits per heavy atom. The Kier molecular flexibility index (Phi) is 3.12. The minimum absolute atomic E-state index is 0.295. The largest absolute Gasteiger partial charge is 0.388 e. The SMILES string of the molecule is Cc1cc(Br)c(C(O)C2C3CCCC32)cc1Br. The second-order valence-corrected chi connectivity index (χ2v) is 7.11. The van der Waals surface area contributed by atoms with E-state index in [1.807, 2.05) is 0 Å². The molecule has 3 heteroatoms. The van der Waals surface area contributed by atoms with Gasteiger partial charge in [-0.1, -0.05) is 38.3 Å². The van der Waals surface area contributed by atoms with E-state index in [4.69, 9.17) is 0 Å². The Hall–Kier alpha value is 0.140. The van der Waals surface area contributed by atoms with Crippen LogP contribution in [0.1, 0.15) is 36.5 Å². The molecule has 92 valence electrons. The van der Waals surface area contributed by atoms with Crippen LogP contribution in [0.25, 0.3) is 0 Å². The monoisotopic (exact) mass is 358 g/mol. The summed E-state index contributed by atoms with van der Waals surface area (Å²) in [5.41, 5.74) is 2.24. The van der Waals surface area contributed by atoms with Crippen molar-refractivity contribution >= 4 is 31.9 Å². The predicted molar refractivity (Wildman–Crippen MR) is 75.9 cm³/mol. The van der Waals surface area contributed by atoms with E-state index in [-0.39, 0.29) is 6.10 Å². The van der Waals surface area contributed by atoms with Gasteiger partial charge in [0, 0.05) is 8.95 Å². The van der Waals surface area contributed by atoms with Crippen molar-refractivity contribution in [2.24, 2.45) is 17.8 Å². The number of aryl methyl sites for hydroxylation is 1. The molecule has 1 aromatic carbocycles. The van der Waals surface area contributed by atoms with E-state index < -0.39 is 0 Å². The maximum atomic E-state index is 10.5. The van der Waals surface area contributed by atoms with Crippen LogP contribution in [0.15, 0.2) is 21.1 Å². The van der Waals surface area contributed by atoms with Crippen LogP contribution >= 0.6 is 31.9 Å². The van der Waals surface area contributed by atoms with Crippen LogP contribution in [0.2, 0.25) is 0 Å². The Bertz CT molecular complexity index is 448. The first-order valence-electron chi connectivity index (χ1n) is 6.23. The van der Waals surface area contributed by atoms with E-state index in [1.165, 1.54) is 24.8 Å². The first kappa shape index (κ1) is 12.2. The van der Waals surface area contributed by atoms with Crippen molar-refractivity contribution in [3.05, 3.63) is 32.2 Å². The van der Waals surface area contributed by atoms with E-state index in [9.17, 15) is 5.11 Å². The number of benzene rings is 1. The molecule has 0 bridgehead atoms. The van der Waals surface area contributed by atoms with E-state index in [1.54, 1.807) is 0 Å². The smallest absolute Gasteiger partial charge is 0.0834 e. The molecule has 3 atom stereocenters. The van der Waals surface area contributed by atoms with Gasteiger partial charge in [-0.25, -0.2) is 0 Å². The molecule has 17 heavy (non-hydrogen) atoms. The summed E-state index contributed by atoms with van der Waals surface area (Å²) < 4.78 is 2.12. The van der Waals surface area contributed by atoms with Gasteiger partial charge < -0.3 is 5.11 Å². The minimum Gasteiger partial charge on any atom is -0.388 e.